The molecule has 98 valence electrons. The highest BCUT2D eigenvalue weighted by Crippen LogP contribution is 2.22. The quantitative estimate of drug-likeness (QED) is 0.884. The van der Waals surface area contributed by atoms with Crippen molar-refractivity contribution < 1.29 is 19.4 Å². The van der Waals surface area contributed by atoms with E-state index in [0.717, 1.165) is 4.90 Å². The number of nitrogens with zero attached hydrogens (tertiary/aromatic N) is 1. The Morgan fingerprint density at radius 3 is 2.61 bits per heavy atom. The minimum atomic E-state index is -1.07. The molecule has 1 aromatic carbocycles. The first-order valence-corrected chi connectivity index (χ1v) is 5.67. The maximum Gasteiger partial charge on any atom is 0.326 e. The smallest absolute Gasteiger partial charge is 0.326 e. The first-order valence-electron chi connectivity index (χ1n) is 5.29. The zero-order valence-corrected chi connectivity index (χ0v) is 10.8. The molecule has 0 fully saturated rings. The number of aliphatic carboxylic acids is 1. The van der Waals surface area contributed by atoms with Crippen LogP contribution >= 0.6 is 11.6 Å². The summed E-state index contributed by atoms with van der Waals surface area (Å²) in [5.41, 5.74) is 0. The molecule has 0 aliphatic rings. The van der Waals surface area contributed by atoms with Crippen molar-refractivity contribution in [2.24, 2.45) is 0 Å². The number of hydrogen-bond acceptors (Lipinski definition) is 3. The summed E-state index contributed by atoms with van der Waals surface area (Å²) in [7, 11) is 1.41. The van der Waals surface area contributed by atoms with E-state index in [4.69, 9.17) is 21.4 Å². The molecule has 1 aromatic rings. The maximum absolute atomic E-state index is 11.7. The predicted molar refractivity (Wildman–Crippen MR) is 66.8 cm³/mol. The Labute approximate surface area is 110 Å². The highest BCUT2D eigenvalue weighted by atomic mass is 35.5. The number of ether oxygens (including phenoxy) is 1. The van der Waals surface area contributed by atoms with Crippen LogP contribution in [0.4, 0.5) is 0 Å². The van der Waals surface area contributed by atoms with Gasteiger partial charge in [-0.05, 0) is 19.1 Å². The molecule has 0 bridgehead atoms. The van der Waals surface area contributed by atoms with Gasteiger partial charge >= 0.3 is 5.97 Å². The first kappa shape index (κ1) is 14.3. The van der Waals surface area contributed by atoms with Crippen molar-refractivity contribution in [3.05, 3.63) is 29.3 Å². The van der Waals surface area contributed by atoms with Gasteiger partial charge in [0.25, 0.3) is 5.91 Å². The van der Waals surface area contributed by atoms with Crippen LogP contribution in [0.1, 0.15) is 6.92 Å². The molecule has 1 atom stereocenters. The largest absolute Gasteiger partial charge is 0.482 e. The van der Waals surface area contributed by atoms with Crippen LogP contribution in [0.3, 0.4) is 0 Å². The Bertz CT molecular complexity index is 449. The third-order valence-corrected chi connectivity index (χ3v) is 2.83. The van der Waals surface area contributed by atoms with Crippen LogP contribution in [0, 0.1) is 0 Å². The van der Waals surface area contributed by atoms with Crippen LogP contribution in [-0.4, -0.2) is 41.6 Å². The maximum atomic E-state index is 11.7. The van der Waals surface area contributed by atoms with E-state index in [1.807, 2.05) is 0 Å². The van der Waals surface area contributed by atoms with Gasteiger partial charge in [0.15, 0.2) is 6.61 Å². The lowest BCUT2D eigenvalue weighted by atomic mass is 10.3. The van der Waals surface area contributed by atoms with Crippen LogP contribution in [0.15, 0.2) is 24.3 Å². The zero-order valence-electron chi connectivity index (χ0n) is 10.1. The number of amides is 1. The number of likely N-dealkylation sites (N-methyl/N-ethyl adjacent to an activating group) is 1. The van der Waals surface area contributed by atoms with Gasteiger partial charge < -0.3 is 14.7 Å². The van der Waals surface area contributed by atoms with Gasteiger partial charge in [-0.25, -0.2) is 4.79 Å². The van der Waals surface area contributed by atoms with E-state index >= 15 is 0 Å². The van der Waals surface area contributed by atoms with Crippen molar-refractivity contribution in [3.8, 4) is 5.75 Å². The molecule has 0 radical (unpaired) electrons. The second kappa shape index (κ2) is 6.26. The third-order valence-electron chi connectivity index (χ3n) is 2.52. The average Bonchev–Trinajstić information content (AvgIpc) is 2.35. The first-order chi connectivity index (χ1) is 8.43. The minimum Gasteiger partial charge on any atom is -0.482 e. The van der Waals surface area contributed by atoms with Gasteiger partial charge in [0.2, 0.25) is 0 Å². The number of para-hydroxylation sites is 1. The Kier molecular flexibility index (Phi) is 4.97. The van der Waals surface area contributed by atoms with Crippen LogP contribution in [0.5, 0.6) is 5.75 Å². The second-order valence-corrected chi connectivity index (χ2v) is 4.15. The molecule has 0 aliphatic heterocycles. The number of hydrogen-bond donors (Lipinski definition) is 1. The Hall–Kier alpha value is -1.75. The van der Waals surface area contributed by atoms with E-state index in [9.17, 15) is 9.59 Å². The number of halogens is 1. The van der Waals surface area contributed by atoms with Gasteiger partial charge in [-0.1, -0.05) is 23.7 Å². The highest BCUT2D eigenvalue weighted by molar-refractivity contribution is 6.32. The number of carbonyl (C=O) groups is 2. The molecule has 1 amide bonds. The van der Waals surface area contributed by atoms with Gasteiger partial charge in [0.05, 0.1) is 5.02 Å². The van der Waals surface area contributed by atoms with Crippen LogP contribution in [0.2, 0.25) is 5.02 Å². The van der Waals surface area contributed by atoms with Crippen LogP contribution in [-0.2, 0) is 9.59 Å². The summed E-state index contributed by atoms with van der Waals surface area (Å²) in [5.74, 6) is -1.10. The summed E-state index contributed by atoms with van der Waals surface area (Å²) in [4.78, 5) is 23.5. The second-order valence-electron chi connectivity index (χ2n) is 3.74. The predicted octanol–water partition coefficient (Wildman–Crippen LogP) is 1.65. The van der Waals surface area contributed by atoms with Gasteiger partial charge in [-0.15, -0.1) is 0 Å². The number of benzene rings is 1. The van der Waals surface area contributed by atoms with Crippen molar-refractivity contribution in [1.82, 2.24) is 4.90 Å². The zero-order chi connectivity index (χ0) is 13.7. The molecule has 1 rings (SSSR count). The average molecular weight is 272 g/mol. The summed E-state index contributed by atoms with van der Waals surface area (Å²) < 4.78 is 5.23. The lowest BCUT2D eigenvalue weighted by molar-refractivity contribution is -0.148. The molecule has 1 N–H and O–H groups in total. The third kappa shape index (κ3) is 3.63. The molecule has 0 saturated heterocycles. The molecular weight excluding hydrogens is 258 g/mol. The summed E-state index contributed by atoms with van der Waals surface area (Å²) in [5, 5.41) is 9.18. The fraction of sp³-hybridized carbons (Fsp3) is 0.333. The van der Waals surface area contributed by atoms with Crippen LogP contribution < -0.4 is 4.74 Å². The monoisotopic (exact) mass is 271 g/mol. The van der Waals surface area contributed by atoms with E-state index in [0.29, 0.717) is 10.8 Å². The van der Waals surface area contributed by atoms with Crippen molar-refractivity contribution in [1.29, 1.82) is 0 Å². The summed E-state index contributed by atoms with van der Waals surface area (Å²) >= 11 is 5.86. The van der Waals surface area contributed by atoms with E-state index in [1.165, 1.54) is 14.0 Å². The molecule has 18 heavy (non-hydrogen) atoms. The molecule has 0 spiro atoms. The molecule has 0 heterocycles. The number of carboxylic acids is 1. The minimum absolute atomic E-state index is 0.252. The Balaban J connectivity index is 2.56. The normalized spacial score (nSPS) is 11.7. The van der Waals surface area contributed by atoms with Gasteiger partial charge in [-0.2, -0.15) is 0 Å². The highest BCUT2D eigenvalue weighted by Gasteiger charge is 2.21. The molecule has 5 nitrogen and oxygen atoms in total. The van der Waals surface area contributed by atoms with E-state index in [-0.39, 0.29) is 6.61 Å². The van der Waals surface area contributed by atoms with Crippen LogP contribution in [0.25, 0.3) is 0 Å². The van der Waals surface area contributed by atoms with E-state index in [2.05, 4.69) is 0 Å². The topological polar surface area (TPSA) is 66.8 Å². The Morgan fingerprint density at radius 2 is 2.06 bits per heavy atom. The molecule has 0 saturated carbocycles. The van der Waals surface area contributed by atoms with Gasteiger partial charge in [0.1, 0.15) is 11.8 Å². The molecular formula is C12H14ClNO4. The van der Waals surface area contributed by atoms with Gasteiger partial charge in [0, 0.05) is 7.05 Å². The number of rotatable bonds is 5. The lowest BCUT2D eigenvalue weighted by Gasteiger charge is -2.21. The number of carboxylic acid groups (broad SMARTS) is 1. The standard InChI is InChI=1S/C12H14ClNO4/c1-8(12(16)17)14(2)11(15)7-18-10-6-4-3-5-9(10)13/h3-6,8H,7H2,1-2H3,(H,16,17). The number of carbonyl (C=O) groups excluding carboxylic acids is 1. The summed E-state index contributed by atoms with van der Waals surface area (Å²) in [6.07, 6.45) is 0. The van der Waals surface area contributed by atoms with Crippen molar-refractivity contribution in [2.45, 2.75) is 13.0 Å². The van der Waals surface area contributed by atoms with E-state index < -0.39 is 17.9 Å². The molecule has 0 aromatic heterocycles. The molecule has 0 aliphatic carbocycles. The van der Waals surface area contributed by atoms with Gasteiger partial charge in [-0.3, -0.25) is 4.79 Å². The summed E-state index contributed by atoms with van der Waals surface area (Å²) in [6, 6.07) is 5.86. The fourth-order valence-corrected chi connectivity index (χ4v) is 1.38. The van der Waals surface area contributed by atoms with Crippen molar-refractivity contribution >= 4 is 23.5 Å². The fourth-order valence-electron chi connectivity index (χ4n) is 1.18. The summed E-state index contributed by atoms with van der Waals surface area (Å²) in [6.45, 7) is 1.17. The molecule has 1 unspecified atom stereocenters. The van der Waals surface area contributed by atoms with Crippen molar-refractivity contribution in [3.63, 3.8) is 0 Å². The van der Waals surface area contributed by atoms with E-state index in [1.54, 1.807) is 24.3 Å². The molecule has 6 heteroatoms. The lowest BCUT2D eigenvalue weighted by Crippen LogP contribution is -2.42. The Morgan fingerprint density at radius 1 is 1.44 bits per heavy atom. The van der Waals surface area contributed by atoms with Crippen molar-refractivity contribution in [2.75, 3.05) is 13.7 Å². The SMILES string of the molecule is CC(C(=O)O)N(C)C(=O)COc1ccccc1Cl.